The Bertz CT molecular complexity index is 2550. The highest BCUT2D eigenvalue weighted by Gasteiger charge is 2.13. The third kappa shape index (κ3) is 14.2. The molecule has 0 spiro atoms. The minimum absolute atomic E-state index is 0.547. The fourth-order valence-electron chi connectivity index (χ4n) is 8.07. The van der Waals surface area contributed by atoms with E-state index in [0.29, 0.717) is 24.7 Å². The second-order valence-corrected chi connectivity index (χ2v) is 17.0. The maximum Gasteiger partial charge on any atom is 0.150 e. The number of carbonyl (C=O) groups excluding carboxylic acids is 1. The molecule has 0 saturated heterocycles. The normalized spacial score (nSPS) is 11.1. The quantitative estimate of drug-likeness (QED) is 0.0502. The molecule has 1 unspecified atom stereocenters. The molecule has 0 radical (unpaired) electrons. The monoisotopic (exact) mass is 877 g/mol. The average Bonchev–Trinajstić information content (AvgIpc) is 3.37. The molecule has 340 valence electrons. The molecule has 5 nitrogen and oxygen atoms in total. The van der Waals surface area contributed by atoms with Gasteiger partial charge in [-0.05, 0) is 189 Å². The van der Waals surface area contributed by atoms with E-state index in [1.54, 1.807) is 12.1 Å². The van der Waals surface area contributed by atoms with E-state index in [4.69, 9.17) is 9.47 Å². The molecule has 0 aromatic heterocycles. The van der Waals surface area contributed by atoms with Gasteiger partial charge in [0, 0.05) is 52.3 Å². The van der Waals surface area contributed by atoms with Crippen molar-refractivity contribution in [2.24, 2.45) is 0 Å². The van der Waals surface area contributed by atoms with Gasteiger partial charge in [-0.15, -0.1) is 0 Å². The van der Waals surface area contributed by atoms with Crippen LogP contribution in [0.3, 0.4) is 0 Å². The Labute approximate surface area is 396 Å². The van der Waals surface area contributed by atoms with E-state index in [9.17, 15) is 4.79 Å². The number of hydrogen-bond acceptors (Lipinski definition) is 5. The van der Waals surface area contributed by atoms with Crippen LogP contribution in [0.4, 0.5) is 11.4 Å². The summed E-state index contributed by atoms with van der Waals surface area (Å²) < 4.78 is 12.1. The van der Waals surface area contributed by atoms with Crippen LogP contribution in [0.2, 0.25) is 0 Å². The van der Waals surface area contributed by atoms with E-state index >= 15 is 0 Å². The van der Waals surface area contributed by atoms with E-state index in [2.05, 4.69) is 184 Å². The molecule has 0 heterocycles. The highest BCUT2D eigenvalue weighted by atomic mass is 16.5. The van der Waals surface area contributed by atoms with Crippen LogP contribution in [0.25, 0.3) is 11.1 Å². The Hall–Kier alpha value is -6.69. The molecule has 0 bridgehead atoms. The van der Waals surface area contributed by atoms with Gasteiger partial charge in [0.25, 0.3) is 0 Å². The van der Waals surface area contributed by atoms with Gasteiger partial charge in [-0.2, -0.15) is 0 Å². The summed E-state index contributed by atoms with van der Waals surface area (Å²) in [5.41, 5.74) is 13.7. The average molecular weight is 877 g/mol. The maximum atomic E-state index is 11.0. The van der Waals surface area contributed by atoms with Crippen molar-refractivity contribution in [3.05, 3.63) is 178 Å². The molecule has 0 aliphatic rings. The zero-order valence-corrected chi connectivity index (χ0v) is 40.2. The summed E-state index contributed by atoms with van der Waals surface area (Å²) in [5.74, 6) is 16.1. The zero-order valence-electron chi connectivity index (χ0n) is 40.2. The first-order valence-electron chi connectivity index (χ1n) is 24.3. The molecule has 0 fully saturated rings. The summed E-state index contributed by atoms with van der Waals surface area (Å²) in [4.78, 5) is 15.6. The minimum Gasteiger partial charge on any atom is -0.492 e. The molecule has 0 amide bonds. The summed E-state index contributed by atoms with van der Waals surface area (Å²) in [6.07, 6.45) is 8.52. The third-order valence-electron chi connectivity index (χ3n) is 12.4. The lowest BCUT2D eigenvalue weighted by Gasteiger charge is -2.23. The van der Waals surface area contributed by atoms with E-state index < -0.39 is 0 Å². The van der Waals surface area contributed by atoms with Gasteiger partial charge >= 0.3 is 0 Å². The second-order valence-electron chi connectivity index (χ2n) is 17.0. The number of unbranched alkanes of at least 4 members (excludes halogenated alkanes) is 2. The fraction of sp³-hybridized carbons (Fsp3) is 0.328. The summed E-state index contributed by atoms with van der Waals surface area (Å²) in [6, 6.07) is 46.4. The molecule has 0 N–H and O–H groups in total. The van der Waals surface area contributed by atoms with Gasteiger partial charge < -0.3 is 19.3 Å². The molecule has 6 aromatic rings. The molecule has 0 aliphatic heterocycles. The maximum absolute atomic E-state index is 11.0. The van der Waals surface area contributed by atoms with Gasteiger partial charge in [-0.1, -0.05) is 88.5 Å². The Morgan fingerprint density at radius 2 is 0.924 bits per heavy atom. The SMILES string of the molecule is CCCCc1cc(C#Cc2ccc(N(CC)CCOc3ccc(C=O)cc3)cc2)ccc1-c1ccc(C#Cc2ccc(N(CC)CCOc3ccc(C(C)CC)cc3)cc2)cc1CCCC. The van der Waals surface area contributed by atoms with Crippen molar-refractivity contribution >= 4 is 17.7 Å². The van der Waals surface area contributed by atoms with Crippen molar-refractivity contribution in [1.82, 2.24) is 0 Å². The van der Waals surface area contributed by atoms with Crippen molar-refractivity contribution < 1.29 is 14.3 Å². The summed E-state index contributed by atoms with van der Waals surface area (Å²) in [5, 5.41) is 0. The lowest BCUT2D eigenvalue weighted by molar-refractivity contribution is 0.112. The first-order chi connectivity index (χ1) is 32.3. The predicted octanol–water partition coefficient (Wildman–Crippen LogP) is 14.0. The van der Waals surface area contributed by atoms with Crippen LogP contribution < -0.4 is 19.3 Å². The molecule has 6 rings (SSSR count). The van der Waals surface area contributed by atoms with Crippen molar-refractivity contribution in [1.29, 1.82) is 0 Å². The smallest absolute Gasteiger partial charge is 0.150 e. The minimum atomic E-state index is 0.547. The first-order valence-corrected chi connectivity index (χ1v) is 24.3. The summed E-state index contributed by atoms with van der Waals surface area (Å²) in [6.45, 7) is 17.8. The van der Waals surface area contributed by atoms with E-state index in [1.807, 2.05) is 12.1 Å². The van der Waals surface area contributed by atoms with Crippen molar-refractivity contribution in [3.8, 4) is 46.3 Å². The highest BCUT2D eigenvalue weighted by molar-refractivity contribution is 5.75. The van der Waals surface area contributed by atoms with Crippen molar-refractivity contribution in [3.63, 3.8) is 0 Å². The van der Waals surface area contributed by atoms with Crippen LogP contribution in [0, 0.1) is 23.7 Å². The van der Waals surface area contributed by atoms with Crippen LogP contribution in [0.5, 0.6) is 11.5 Å². The van der Waals surface area contributed by atoms with E-state index in [1.165, 1.54) is 33.5 Å². The Balaban J connectivity index is 1.11. The molecule has 66 heavy (non-hydrogen) atoms. The van der Waals surface area contributed by atoms with Crippen LogP contribution in [0.1, 0.15) is 129 Å². The number of likely N-dealkylation sites (N-methyl/N-ethyl adjacent to an activating group) is 2. The molecule has 6 aromatic carbocycles. The highest BCUT2D eigenvalue weighted by Crippen LogP contribution is 2.31. The van der Waals surface area contributed by atoms with E-state index in [-0.39, 0.29) is 0 Å². The number of carbonyl (C=O) groups is 1. The molecule has 5 heteroatoms. The topological polar surface area (TPSA) is 42.0 Å². The Morgan fingerprint density at radius 1 is 0.515 bits per heavy atom. The van der Waals surface area contributed by atoms with Crippen molar-refractivity contribution in [2.45, 2.75) is 92.4 Å². The number of aryl methyl sites for hydroxylation is 2. The van der Waals surface area contributed by atoms with Crippen LogP contribution in [-0.2, 0) is 12.8 Å². The van der Waals surface area contributed by atoms with Gasteiger partial charge in [-0.25, -0.2) is 0 Å². The second kappa shape index (κ2) is 25.7. The number of ether oxygens (including phenoxy) is 2. The number of anilines is 2. The standard InChI is InChI=1S/C61H68N2O3/c1-7-12-14-54-44-50(18-16-48-20-30-56(31-21-48)62(10-4)40-42-65-58-34-24-52(46-64)25-35-58)26-38-60(54)61-39-27-51(45-55(61)15-13-8-2)19-17-49-22-32-57(33-23-49)63(11-5)41-43-66-59-36-28-53(29-37-59)47(6)9-3/h20-39,44-47H,7-15,40-43H2,1-6H3. The molecule has 1 atom stereocenters. The summed E-state index contributed by atoms with van der Waals surface area (Å²) in [7, 11) is 0. The van der Waals surface area contributed by atoms with E-state index in [0.717, 1.165) is 117 Å². The first kappa shape index (κ1) is 48.8. The van der Waals surface area contributed by atoms with Gasteiger partial charge in [0.05, 0.1) is 13.1 Å². The van der Waals surface area contributed by atoms with Gasteiger partial charge in [-0.3, -0.25) is 4.79 Å². The largest absolute Gasteiger partial charge is 0.492 e. The third-order valence-corrected chi connectivity index (χ3v) is 12.4. The summed E-state index contributed by atoms with van der Waals surface area (Å²) >= 11 is 0. The number of nitrogens with zero attached hydrogens (tertiary/aromatic N) is 2. The predicted molar refractivity (Wildman–Crippen MR) is 278 cm³/mol. The van der Waals surface area contributed by atoms with Crippen LogP contribution in [-0.4, -0.2) is 45.7 Å². The Morgan fingerprint density at radius 3 is 1.32 bits per heavy atom. The van der Waals surface area contributed by atoms with Gasteiger partial charge in [0.15, 0.2) is 0 Å². The van der Waals surface area contributed by atoms with Crippen LogP contribution in [0.15, 0.2) is 133 Å². The number of aldehydes is 1. The molecule has 0 saturated carbocycles. The molecule has 0 aliphatic carbocycles. The van der Waals surface area contributed by atoms with Crippen LogP contribution >= 0.6 is 0 Å². The zero-order chi connectivity index (χ0) is 46.5. The van der Waals surface area contributed by atoms with Gasteiger partial charge in [0.2, 0.25) is 0 Å². The lowest BCUT2D eigenvalue weighted by Crippen LogP contribution is -2.28. The number of benzene rings is 6. The fourth-order valence-corrected chi connectivity index (χ4v) is 8.07. The lowest BCUT2D eigenvalue weighted by atomic mass is 9.89. The van der Waals surface area contributed by atoms with Crippen molar-refractivity contribution in [2.75, 3.05) is 49.2 Å². The number of hydrogen-bond donors (Lipinski definition) is 0. The Kier molecular flexibility index (Phi) is 19.0. The number of rotatable bonds is 22. The molecular weight excluding hydrogens is 809 g/mol. The molecular formula is C61H68N2O3. The van der Waals surface area contributed by atoms with Gasteiger partial charge in [0.1, 0.15) is 31.0 Å².